The van der Waals surface area contributed by atoms with Gasteiger partial charge in [0, 0.05) is 49.7 Å². The van der Waals surface area contributed by atoms with Crippen molar-refractivity contribution in [1.82, 2.24) is 4.90 Å². The van der Waals surface area contributed by atoms with Crippen molar-refractivity contribution in [3.8, 4) is 0 Å². The minimum atomic E-state index is -0.433. The number of aryl methyl sites for hydroxylation is 1. The fourth-order valence-electron chi connectivity index (χ4n) is 4.68. The van der Waals surface area contributed by atoms with E-state index in [4.69, 9.17) is 4.74 Å². The van der Waals surface area contributed by atoms with Gasteiger partial charge in [-0.25, -0.2) is 4.79 Å². The molecule has 3 aromatic rings. The number of para-hydroxylation sites is 2. The van der Waals surface area contributed by atoms with E-state index in [0.717, 1.165) is 50.4 Å². The van der Waals surface area contributed by atoms with Crippen molar-refractivity contribution >= 4 is 17.3 Å². The highest BCUT2D eigenvalue weighted by atomic mass is 16.6. The number of fused-ring (bicyclic) bond motifs is 1. The summed E-state index contributed by atoms with van der Waals surface area (Å²) in [4.78, 5) is 17.2. The summed E-state index contributed by atoms with van der Waals surface area (Å²) in [5, 5.41) is 3.45. The molecule has 164 valence electrons. The number of benzene rings is 3. The number of carbonyl (C=O) groups is 1. The number of rotatable bonds is 6. The number of piperazine rings is 1. The zero-order valence-electron chi connectivity index (χ0n) is 18.5. The number of ether oxygens (including phenoxy) is 1. The van der Waals surface area contributed by atoms with Gasteiger partial charge in [-0.3, -0.25) is 4.90 Å². The average molecular weight is 428 g/mol. The zero-order chi connectivity index (χ0) is 21.9. The number of anilines is 2. The van der Waals surface area contributed by atoms with Crippen molar-refractivity contribution in [2.45, 2.75) is 19.6 Å². The second kappa shape index (κ2) is 9.05. The van der Waals surface area contributed by atoms with Gasteiger partial charge in [0.2, 0.25) is 6.23 Å². The monoisotopic (exact) mass is 427 g/mol. The molecule has 3 aromatic carbocycles. The van der Waals surface area contributed by atoms with Crippen LogP contribution < -0.4 is 10.2 Å². The molecular weight excluding hydrogens is 398 g/mol. The van der Waals surface area contributed by atoms with Crippen molar-refractivity contribution < 1.29 is 9.53 Å². The molecule has 5 heteroatoms. The lowest BCUT2D eigenvalue weighted by molar-refractivity contribution is 0.0437. The van der Waals surface area contributed by atoms with Gasteiger partial charge in [-0.05, 0) is 42.7 Å². The van der Waals surface area contributed by atoms with Crippen LogP contribution in [0.1, 0.15) is 33.3 Å². The largest absolute Gasteiger partial charge is 0.434 e. The van der Waals surface area contributed by atoms with Gasteiger partial charge < -0.3 is 15.0 Å². The molecule has 0 aromatic heterocycles. The fraction of sp³-hybridized carbons (Fsp3) is 0.296. The number of carbonyl (C=O) groups excluding carboxylic acids is 1. The van der Waals surface area contributed by atoms with Crippen LogP contribution >= 0.6 is 0 Å². The number of hydrogen-bond acceptors (Lipinski definition) is 5. The Morgan fingerprint density at radius 2 is 1.62 bits per heavy atom. The summed E-state index contributed by atoms with van der Waals surface area (Å²) in [5.74, 6) is -0.262. The molecule has 0 aliphatic carbocycles. The van der Waals surface area contributed by atoms with Crippen LogP contribution in [0.3, 0.4) is 0 Å². The lowest BCUT2D eigenvalue weighted by Gasteiger charge is -2.37. The Morgan fingerprint density at radius 3 is 2.47 bits per heavy atom. The topological polar surface area (TPSA) is 44.8 Å². The van der Waals surface area contributed by atoms with Crippen molar-refractivity contribution in [1.29, 1.82) is 0 Å². The summed E-state index contributed by atoms with van der Waals surface area (Å²) in [5.41, 5.74) is 6.52. The zero-order valence-corrected chi connectivity index (χ0v) is 18.5. The van der Waals surface area contributed by atoms with E-state index in [0.29, 0.717) is 5.56 Å². The van der Waals surface area contributed by atoms with Gasteiger partial charge in [-0.15, -0.1) is 0 Å². The molecule has 1 N–H and O–H groups in total. The van der Waals surface area contributed by atoms with Crippen LogP contribution in [-0.2, 0) is 11.2 Å². The number of cyclic esters (lactones) is 1. The quantitative estimate of drug-likeness (QED) is 0.581. The number of nitrogens with one attached hydrogen (secondary N) is 1. The summed E-state index contributed by atoms with van der Waals surface area (Å²) < 4.78 is 5.58. The molecule has 2 aliphatic rings. The second-order valence-corrected chi connectivity index (χ2v) is 8.54. The van der Waals surface area contributed by atoms with E-state index in [1.165, 1.54) is 16.8 Å². The van der Waals surface area contributed by atoms with E-state index >= 15 is 0 Å². The highest BCUT2D eigenvalue weighted by Gasteiger charge is 2.30. The number of hydrogen-bond donors (Lipinski definition) is 1. The minimum absolute atomic E-state index is 0.262. The molecule has 2 aliphatic heterocycles. The normalized spacial score (nSPS) is 18.3. The SMILES string of the molecule is Cc1ccccc1N1CCN(CCc2ccccc2NC2OC(=O)c3ccccc32)CC1. The lowest BCUT2D eigenvalue weighted by atomic mass is 10.1. The number of nitrogens with zero attached hydrogens (tertiary/aromatic N) is 2. The molecule has 1 atom stereocenters. The van der Waals surface area contributed by atoms with Gasteiger partial charge in [-0.2, -0.15) is 0 Å². The highest BCUT2D eigenvalue weighted by molar-refractivity contribution is 5.94. The predicted octanol–water partition coefficient (Wildman–Crippen LogP) is 4.64. The standard InChI is InChI=1S/C27H29N3O2/c1-20-8-2-7-13-25(20)30-18-16-29(17-19-30)15-14-21-9-3-6-12-24(21)28-26-22-10-4-5-11-23(22)27(31)32-26/h2-13,26,28H,14-19H2,1H3. The van der Waals surface area contributed by atoms with Crippen LogP contribution in [0, 0.1) is 6.92 Å². The Balaban J connectivity index is 1.20. The third-order valence-electron chi connectivity index (χ3n) is 6.52. The van der Waals surface area contributed by atoms with E-state index in [9.17, 15) is 4.79 Å². The molecule has 32 heavy (non-hydrogen) atoms. The summed E-state index contributed by atoms with van der Waals surface area (Å²) >= 11 is 0. The first-order chi connectivity index (χ1) is 15.7. The van der Waals surface area contributed by atoms with Crippen molar-refractivity contribution in [2.24, 2.45) is 0 Å². The first kappa shape index (κ1) is 20.6. The van der Waals surface area contributed by atoms with Gasteiger partial charge in [0.05, 0.1) is 5.56 Å². The first-order valence-corrected chi connectivity index (χ1v) is 11.4. The third-order valence-corrected chi connectivity index (χ3v) is 6.52. The molecule has 5 nitrogen and oxygen atoms in total. The maximum atomic E-state index is 12.2. The van der Waals surface area contributed by atoms with Gasteiger partial charge in [0.15, 0.2) is 0 Å². The van der Waals surface area contributed by atoms with Gasteiger partial charge in [-0.1, -0.05) is 54.6 Å². The fourth-order valence-corrected chi connectivity index (χ4v) is 4.68. The van der Waals surface area contributed by atoms with Crippen LogP contribution in [0.2, 0.25) is 0 Å². The van der Waals surface area contributed by atoms with E-state index in [1.54, 1.807) is 0 Å². The molecule has 0 amide bonds. The smallest absolute Gasteiger partial charge is 0.340 e. The maximum Gasteiger partial charge on any atom is 0.340 e. The Morgan fingerprint density at radius 1 is 0.906 bits per heavy atom. The predicted molar refractivity (Wildman–Crippen MR) is 128 cm³/mol. The third kappa shape index (κ3) is 4.21. The molecule has 1 saturated heterocycles. The second-order valence-electron chi connectivity index (χ2n) is 8.54. The molecule has 0 bridgehead atoms. The maximum absolute atomic E-state index is 12.2. The lowest BCUT2D eigenvalue weighted by Crippen LogP contribution is -2.47. The Kier molecular flexibility index (Phi) is 5.82. The molecule has 1 fully saturated rings. The van der Waals surface area contributed by atoms with E-state index in [1.807, 2.05) is 30.3 Å². The van der Waals surface area contributed by atoms with Crippen LogP contribution in [0.4, 0.5) is 11.4 Å². The van der Waals surface area contributed by atoms with E-state index in [-0.39, 0.29) is 5.97 Å². The Labute approximate surface area is 189 Å². The first-order valence-electron chi connectivity index (χ1n) is 11.4. The highest BCUT2D eigenvalue weighted by Crippen LogP contribution is 2.32. The summed E-state index contributed by atoms with van der Waals surface area (Å²) in [6.07, 6.45) is 0.521. The van der Waals surface area contributed by atoms with Gasteiger partial charge in [0.25, 0.3) is 0 Å². The molecule has 1 unspecified atom stereocenters. The summed E-state index contributed by atoms with van der Waals surface area (Å²) in [6.45, 7) is 7.45. The number of esters is 1. The van der Waals surface area contributed by atoms with Crippen LogP contribution in [0.5, 0.6) is 0 Å². The van der Waals surface area contributed by atoms with Crippen LogP contribution in [0.25, 0.3) is 0 Å². The van der Waals surface area contributed by atoms with Crippen LogP contribution in [-0.4, -0.2) is 43.6 Å². The van der Waals surface area contributed by atoms with Gasteiger partial charge >= 0.3 is 5.97 Å². The summed E-state index contributed by atoms with van der Waals surface area (Å²) in [7, 11) is 0. The van der Waals surface area contributed by atoms with Crippen molar-refractivity contribution in [3.63, 3.8) is 0 Å². The van der Waals surface area contributed by atoms with E-state index in [2.05, 4.69) is 64.5 Å². The van der Waals surface area contributed by atoms with Crippen molar-refractivity contribution in [2.75, 3.05) is 42.9 Å². The minimum Gasteiger partial charge on any atom is -0.434 e. The molecule has 0 spiro atoms. The Bertz CT molecular complexity index is 1110. The van der Waals surface area contributed by atoms with Crippen LogP contribution in [0.15, 0.2) is 72.8 Å². The average Bonchev–Trinajstić information content (AvgIpc) is 3.15. The molecule has 0 saturated carbocycles. The molecule has 5 rings (SSSR count). The molecule has 2 heterocycles. The molecular formula is C27H29N3O2. The summed E-state index contributed by atoms with van der Waals surface area (Å²) in [6, 6.07) is 24.6. The Hall–Kier alpha value is -3.31. The van der Waals surface area contributed by atoms with Crippen molar-refractivity contribution in [3.05, 3.63) is 95.1 Å². The van der Waals surface area contributed by atoms with Gasteiger partial charge in [0.1, 0.15) is 0 Å². The molecule has 0 radical (unpaired) electrons. The van der Waals surface area contributed by atoms with E-state index < -0.39 is 6.23 Å².